The molecule has 3 aromatic rings. The molecule has 4 rings (SSSR count). The van der Waals surface area contributed by atoms with Gasteiger partial charge in [0.15, 0.2) is 5.13 Å². The van der Waals surface area contributed by atoms with Crippen LogP contribution in [0, 0.1) is 6.92 Å². The summed E-state index contributed by atoms with van der Waals surface area (Å²) in [5.41, 5.74) is 1.89. The normalized spacial score (nSPS) is 13.5. The van der Waals surface area contributed by atoms with Crippen molar-refractivity contribution in [1.82, 2.24) is 24.6 Å². The number of anilines is 1. The minimum atomic E-state index is -0.152. The molecule has 0 saturated heterocycles. The molecule has 0 spiro atoms. The van der Waals surface area contributed by atoms with Crippen LogP contribution in [0.25, 0.3) is 10.2 Å². The van der Waals surface area contributed by atoms with Crippen molar-refractivity contribution in [2.45, 2.75) is 26.3 Å². The molecule has 27 heavy (non-hydrogen) atoms. The third kappa shape index (κ3) is 3.44. The van der Waals surface area contributed by atoms with E-state index >= 15 is 0 Å². The van der Waals surface area contributed by atoms with Crippen molar-refractivity contribution in [2.24, 2.45) is 0 Å². The number of carbonyl (C=O) groups excluding carboxylic acids is 1. The molecule has 1 aliphatic rings. The second-order valence-corrected chi connectivity index (χ2v) is 8.47. The van der Waals surface area contributed by atoms with Gasteiger partial charge < -0.3 is 9.47 Å². The first-order valence-corrected chi connectivity index (χ1v) is 10.1. The van der Waals surface area contributed by atoms with Crippen molar-refractivity contribution in [3.05, 3.63) is 34.4 Å². The van der Waals surface area contributed by atoms with Crippen LogP contribution in [0.4, 0.5) is 5.13 Å². The maximum Gasteiger partial charge on any atom is 0.298 e. The monoisotopic (exact) mass is 404 g/mol. The molecule has 0 N–H and O–H groups in total. The van der Waals surface area contributed by atoms with E-state index in [4.69, 9.17) is 16.6 Å². The fraction of sp³-hybridized carbons (Fsp3) is 0.444. The first kappa shape index (κ1) is 18.3. The lowest BCUT2D eigenvalue weighted by Gasteiger charge is -2.21. The minimum absolute atomic E-state index is 0.152. The van der Waals surface area contributed by atoms with Gasteiger partial charge in [-0.3, -0.25) is 9.69 Å². The Morgan fingerprint density at radius 3 is 2.89 bits per heavy atom. The SMILES string of the molecule is Cc1cc(Cl)cc2sc(N(CCN(C)C)C(=O)c3nnc4n3CCC4)nc12. The maximum absolute atomic E-state index is 13.3. The molecule has 0 unspecified atom stereocenters. The predicted molar refractivity (Wildman–Crippen MR) is 108 cm³/mol. The molecule has 0 fully saturated rings. The Bertz CT molecular complexity index is 1010. The lowest BCUT2D eigenvalue weighted by molar-refractivity contribution is 0.0971. The van der Waals surface area contributed by atoms with Gasteiger partial charge >= 0.3 is 0 Å². The van der Waals surface area contributed by atoms with Gasteiger partial charge in [0.25, 0.3) is 5.91 Å². The number of likely N-dealkylation sites (N-methyl/N-ethyl adjacent to an activating group) is 1. The van der Waals surface area contributed by atoms with Crippen LogP contribution in [0.5, 0.6) is 0 Å². The van der Waals surface area contributed by atoms with E-state index in [1.165, 1.54) is 11.3 Å². The molecule has 1 aromatic carbocycles. The Balaban J connectivity index is 1.74. The zero-order valence-electron chi connectivity index (χ0n) is 15.6. The van der Waals surface area contributed by atoms with E-state index in [0.717, 1.165) is 47.5 Å². The molecule has 0 saturated carbocycles. The first-order valence-electron chi connectivity index (χ1n) is 8.89. The lowest BCUT2D eigenvalue weighted by atomic mass is 10.2. The number of benzene rings is 1. The van der Waals surface area contributed by atoms with Gasteiger partial charge in [0.1, 0.15) is 5.82 Å². The standard InChI is InChI=1S/C18H21ClN6OS/c1-11-9-12(19)10-13-15(11)20-18(27-13)25(8-7-23(2)3)17(26)16-22-21-14-5-4-6-24(14)16/h9-10H,4-8H2,1-3H3. The first-order chi connectivity index (χ1) is 12.9. The highest BCUT2D eigenvalue weighted by atomic mass is 35.5. The molecule has 9 heteroatoms. The third-order valence-electron chi connectivity index (χ3n) is 4.69. The highest BCUT2D eigenvalue weighted by Crippen LogP contribution is 2.33. The quantitative estimate of drug-likeness (QED) is 0.654. The molecule has 1 amide bonds. The van der Waals surface area contributed by atoms with Crippen LogP contribution in [-0.4, -0.2) is 57.7 Å². The number of hydrogen-bond acceptors (Lipinski definition) is 6. The summed E-state index contributed by atoms with van der Waals surface area (Å²) in [4.78, 5) is 21.8. The average Bonchev–Trinajstić information content (AvgIpc) is 3.28. The van der Waals surface area contributed by atoms with Gasteiger partial charge in [-0.1, -0.05) is 22.9 Å². The maximum atomic E-state index is 13.3. The van der Waals surface area contributed by atoms with Crippen molar-refractivity contribution in [1.29, 1.82) is 0 Å². The summed E-state index contributed by atoms with van der Waals surface area (Å²) >= 11 is 7.67. The molecule has 3 heterocycles. The van der Waals surface area contributed by atoms with Crippen molar-refractivity contribution in [3.8, 4) is 0 Å². The van der Waals surface area contributed by atoms with Crippen molar-refractivity contribution >= 4 is 44.2 Å². The summed E-state index contributed by atoms with van der Waals surface area (Å²) in [5.74, 6) is 1.13. The van der Waals surface area contributed by atoms with Crippen LogP contribution in [0.1, 0.15) is 28.4 Å². The number of thiazole rings is 1. The smallest absolute Gasteiger partial charge is 0.298 e. The van der Waals surface area contributed by atoms with E-state index in [1.807, 2.05) is 42.6 Å². The van der Waals surface area contributed by atoms with Gasteiger partial charge in [0, 0.05) is 31.1 Å². The summed E-state index contributed by atoms with van der Waals surface area (Å²) in [7, 11) is 3.97. The summed E-state index contributed by atoms with van der Waals surface area (Å²) in [6.07, 6.45) is 1.87. The van der Waals surface area contributed by atoms with Gasteiger partial charge in [-0.25, -0.2) is 4.98 Å². The Labute approximate surface area is 166 Å². The zero-order chi connectivity index (χ0) is 19.1. The summed E-state index contributed by atoms with van der Waals surface area (Å²) in [5, 5.41) is 9.68. The van der Waals surface area contributed by atoms with E-state index in [2.05, 4.69) is 10.2 Å². The second-order valence-electron chi connectivity index (χ2n) is 7.02. The predicted octanol–water partition coefficient (Wildman–Crippen LogP) is 3.00. The summed E-state index contributed by atoms with van der Waals surface area (Å²) < 4.78 is 2.91. The fourth-order valence-electron chi connectivity index (χ4n) is 3.27. The molecule has 142 valence electrons. The number of carbonyl (C=O) groups is 1. The van der Waals surface area contributed by atoms with E-state index in [9.17, 15) is 4.79 Å². The number of amides is 1. The van der Waals surface area contributed by atoms with E-state index < -0.39 is 0 Å². The molecular formula is C18H21ClN6OS. The van der Waals surface area contributed by atoms with Crippen LogP contribution in [0.3, 0.4) is 0 Å². The highest BCUT2D eigenvalue weighted by molar-refractivity contribution is 7.22. The zero-order valence-corrected chi connectivity index (χ0v) is 17.1. The number of fused-ring (bicyclic) bond motifs is 2. The highest BCUT2D eigenvalue weighted by Gasteiger charge is 2.29. The Kier molecular flexibility index (Phi) is 4.88. The number of aryl methyl sites for hydroxylation is 2. The van der Waals surface area contributed by atoms with E-state index in [-0.39, 0.29) is 5.91 Å². The van der Waals surface area contributed by atoms with Gasteiger partial charge in [0.2, 0.25) is 5.82 Å². The van der Waals surface area contributed by atoms with Gasteiger partial charge in [0.05, 0.1) is 10.2 Å². The number of rotatable bonds is 5. The molecule has 0 bridgehead atoms. The Morgan fingerprint density at radius 1 is 1.30 bits per heavy atom. The van der Waals surface area contributed by atoms with Crippen molar-refractivity contribution in [3.63, 3.8) is 0 Å². The number of aromatic nitrogens is 4. The van der Waals surface area contributed by atoms with Gasteiger partial charge in [-0.15, -0.1) is 10.2 Å². The molecule has 0 atom stereocenters. The molecule has 1 aliphatic heterocycles. The molecule has 0 radical (unpaired) electrons. The largest absolute Gasteiger partial charge is 0.308 e. The fourth-order valence-corrected chi connectivity index (χ4v) is 4.72. The van der Waals surface area contributed by atoms with Gasteiger partial charge in [-0.2, -0.15) is 0 Å². The van der Waals surface area contributed by atoms with Crippen LogP contribution in [0.2, 0.25) is 5.02 Å². The third-order valence-corrected chi connectivity index (χ3v) is 5.93. The van der Waals surface area contributed by atoms with Crippen LogP contribution in [0.15, 0.2) is 12.1 Å². The van der Waals surface area contributed by atoms with E-state index in [1.54, 1.807) is 4.90 Å². The van der Waals surface area contributed by atoms with Crippen LogP contribution in [-0.2, 0) is 13.0 Å². The molecule has 2 aromatic heterocycles. The molecular weight excluding hydrogens is 384 g/mol. The Morgan fingerprint density at radius 2 is 2.11 bits per heavy atom. The number of halogens is 1. The van der Waals surface area contributed by atoms with Crippen molar-refractivity contribution in [2.75, 3.05) is 32.1 Å². The number of hydrogen-bond donors (Lipinski definition) is 0. The minimum Gasteiger partial charge on any atom is -0.308 e. The summed E-state index contributed by atoms with van der Waals surface area (Å²) in [6.45, 7) is 4.03. The Hall–Kier alpha value is -2.03. The average molecular weight is 405 g/mol. The summed E-state index contributed by atoms with van der Waals surface area (Å²) in [6, 6.07) is 3.79. The lowest BCUT2D eigenvalue weighted by Crippen LogP contribution is -2.38. The van der Waals surface area contributed by atoms with E-state index in [0.29, 0.717) is 22.5 Å². The van der Waals surface area contributed by atoms with Gasteiger partial charge in [-0.05, 0) is 45.1 Å². The molecule has 0 aliphatic carbocycles. The van der Waals surface area contributed by atoms with Crippen LogP contribution >= 0.6 is 22.9 Å². The van der Waals surface area contributed by atoms with Crippen molar-refractivity contribution < 1.29 is 4.79 Å². The topological polar surface area (TPSA) is 67.2 Å². The second kappa shape index (κ2) is 7.18. The molecule has 7 nitrogen and oxygen atoms in total. The number of nitrogens with zero attached hydrogens (tertiary/aromatic N) is 6. The van der Waals surface area contributed by atoms with Crippen LogP contribution < -0.4 is 4.90 Å².